The lowest BCUT2D eigenvalue weighted by Crippen LogP contribution is -3.07. The third-order valence-electron chi connectivity index (χ3n) is 4.26. The van der Waals surface area contributed by atoms with Crippen LogP contribution in [-0.2, 0) is 14.8 Å². The van der Waals surface area contributed by atoms with Crippen molar-refractivity contribution in [2.24, 2.45) is 5.41 Å². The van der Waals surface area contributed by atoms with Crippen molar-refractivity contribution in [1.29, 1.82) is 0 Å². The number of morpholine rings is 1. The molecule has 146 valence electrons. The van der Waals surface area contributed by atoms with Crippen molar-refractivity contribution in [3.05, 3.63) is 29.8 Å². The van der Waals surface area contributed by atoms with Crippen molar-refractivity contribution in [3.63, 3.8) is 0 Å². The number of amides is 1. The molecule has 0 spiro atoms. The molecule has 1 aromatic rings. The maximum Gasteiger partial charge on any atom is 0.251 e. The van der Waals surface area contributed by atoms with Gasteiger partial charge in [-0.25, -0.2) is 8.42 Å². The highest BCUT2D eigenvalue weighted by atomic mass is 32.2. The predicted molar refractivity (Wildman–Crippen MR) is 99.8 cm³/mol. The van der Waals surface area contributed by atoms with Gasteiger partial charge in [-0.2, -0.15) is 4.31 Å². The molecule has 1 aromatic carbocycles. The first-order chi connectivity index (χ1) is 12.1. The summed E-state index contributed by atoms with van der Waals surface area (Å²) in [5.41, 5.74) is 0.304. The summed E-state index contributed by atoms with van der Waals surface area (Å²) >= 11 is 0. The molecule has 0 atom stereocenters. The number of rotatable bonds is 7. The Hall–Kier alpha value is -1.48. The lowest BCUT2D eigenvalue weighted by atomic mass is 9.93. The number of quaternary nitrogens is 1. The Bertz CT molecular complexity index is 726. The summed E-state index contributed by atoms with van der Waals surface area (Å²) in [7, 11) is 0.539. The van der Waals surface area contributed by atoms with Crippen LogP contribution in [0.3, 0.4) is 0 Å². The molecule has 1 aliphatic heterocycles. The van der Waals surface area contributed by atoms with E-state index in [9.17, 15) is 13.2 Å². The van der Waals surface area contributed by atoms with E-state index in [0.29, 0.717) is 38.4 Å². The van der Waals surface area contributed by atoms with Crippen LogP contribution in [-0.4, -0.2) is 72.1 Å². The minimum absolute atomic E-state index is 0.0496. The van der Waals surface area contributed by atoms with Crippen LogP contribution >= 0.6 is 0 Å². The maximum absolute atomic E-state index is 12.7. The van der Waals surface area contributed by atoms with Crippen LogP contribution in [0.15, 0.2) is 29.2 Å². The highest BCUT2D eigenvalue weighted by Crippen LogP contribution is 2.18. The zero-order valence-electron chi connectivity index (χ0n) is 16.0. The average Bonchev–Trinajstić information content (AvgIpc) is 2.59. The first kappa shape index (κ1) is 20.8. The summed E-state index contributed by atoms with van der Waals surface area (Å²) < 4.78 is 32.1. The number of ether oxygens (including phenoxy) is 1. The smallest absolute Gasteiger partial charge is 0.251 e. The van der Waals surface area contributed by atoms with Crippen molar-refractivity contribution in [1.82, 2.24) is 9.62 Å². The Morgan fingerprint density at radius 1 is 1.27 bits per heavy atom. The highest BCUT2D eigenvalue weighted by Gasteiger charge is 2.27. The van der Waals surface area contributed by atoms with Crippen LogP contribution in [0.2, 0.25) is 0 Å². The molecule has 1 fully saturated rings. The quantitative estimate of drug-likeness (QED) is 0.671. The number of hydrogen-bond acceptors (Lipinski definition) is 4. The second-order valence-corrected chi connectivity index (χ2v) is 9.71. The first-order valence-corrected chi connectivity index (χ1v) is 10.3. The van der Waals surface area contributed by atoms with Gasteiger partial charge in [-0.3, -0.25) is 4.79 Å². The zero-order chi connectivity index (χ0) is 19.4. The largest absolute Gasteiger partial charge is 0.379 e. The molecule has 26 heavy (non-hydrogen) atoms. The second kappa shape index (κ2) is 8.47. The molecule has 1 heterocycles. The summed E-state index contributed by atoms with van der Waals surface area (Å²) in [6.07, 6.45) is 0. The summed E-state index contributed by atoms with van der Waals surface area (Å²) in [4.78, 5) is 13.9. The Labute approximate surface area is 156 Å². The van der Waals surface area contributed by atoms with Gasteiger partial charge in [-0.05, 0) is 18.2 Å². The highest BCUT2D eigenvalue weighted by molar-refractivity contribution is 7.89. The van der Waals surface area contributed by atoms with Crippen LogP contribution in [0.5, 0.6) is 0 Å². The SMILES string of the molecule is C[NH+](C)CC(C)(C)CNC(=O)c1cccc(S(=O)(=O)N2CCOCC2)c1. The van der Waals surface area contributed by atoms with Gasteiger partial charge < -0.3 is 15.0 Å². The van der Waals surface area contributed by atoms with E-state index in [2.05, 4.69) is 33.3 Å². The Morgan fingerprint density at radius 3 is 2.54 bits per heavy atom. The van der Waals surface area contributed by atoms with Gasteiger partial charge in [0.05, 0.1) is 38.7 Å². The molecule has 7 nitrogen and oxygen atoms in total. The molecule has 0 aliphatic carbocycles. The molecular formula is C18H30N3O4S+. The van der Waals surface area contributed by atoms with Gasteiger partial charge in [-0.1, -0.05) is 19.9 Å². The normalized spacial score (nSPS) is 16.7. The fourth-order valence-electron chi connectivity index (χ4n) is 3.18. The van der Waals surface area contributed by atoms with Crippen molar-refractivity contribution >= 4 is 15.9 Å². The van der Waals surface area contributed by atoms with Gasteiger partial charge in [0.15, 0.2) is 0 Å². The fraction of sp³-hybridized carbons (Fsp3) is 0.611. The number of carbonyl (C=O) groups is 1. The van der Waals surface area contributed by atoms with E-state index in [-0.39, 0.29) is 16.2 Å². The molecule has 0 aromatic heterocycles. The van der Waals surface area contributed by atoms with E-state index in [4.69, 9.17) is 4.74 Å². The maximum atomic E-state index is 12.7. The monoisotopic (exact) mass is 384 g/mol. The number of hydrogen-bond donors (Lipinski definition) is 2. The van der Waals surface area contributed by atoms with Gasteiger partial charge in [0.25, 0.3) is 5.91 Å². The molecule has 1 saturated heterocycles. The van der Waals surface area contributed by atoms with Gasteiger partial charge >= 0.3 is 0 Å². The second-order valence-electron chi connectivity index (χ2n) is 7.78. The molecule has 0 radical (unpaired) electrons. The Kier molecular flexibility index (Phi) is 6.79. The minimum Gasteiger partial charge on any atom is -0.379 e. The third-order valence-corrected chi connectivity index (χ3v) is 6.16. The van der Waals surface area contributed by atoms with Crippen LogP contribution in [0, 0.1) is 5.41 Å². The van der Waals surface area contributed by atoms with Crippen molar-refractivity contribution in [2.75, 3.05) is 53.5 Å². The number of nitrogens with zero attached hydrogens (tertiary/aromatic N) is 1. The van der Waals surface area contributed by atoms with Crippen molar-refractivity contribution in [3.8, 4) is 0 Å². The summed E-state index contributed by atoms with van der Waals surface area (Å²) in [5, 5.41) is 2.92. The van der Waals surface area contributed by atoms with Gasteiger partial charge in [0, 0.05) is 30.6 Å². The van der Waals surface area contributed by atoms with Gasteiger partial charge in [0.2, 0.25) is 10.0 Å². The minimum atomic E-state index is -3.61. The van der Waals surface area contributed by atoms with E-state index in [1.54, 1.807) is 12.1 Å². The summed E-state index contributed by atoms with van der Waals surface area (Å²) in [6.45, 7) is 7.08. The molecule has 8 heteroatoms. The molecule has 0 saturated carbocycles. The number of nitrogens with one attached hydrogen (secondary N) is 2. The lowest BCUT2D eigenvalue weighted by molar-refractivity contribution is -0.865. The molecule has 1 aliphatic rings. The van der Waals surface area contributed by atoms with Crippen LogP contribution in [0.25, 0.3) is 0 Å². The number of sulfonamides is 1. The lowest BCUT2D eigenvalue weighted by Gasteiger charge is -2.26. The van der Waals surface area contributed by atoms with Gasteiger partial charge in [0.1, 0.15) is 0 Å². The number of carbonyl (C=O) groups excluding carboxylic acids is 1. The van der Waals surface area contributed by atoms with E-state index < -0.39 is 10.0 Å². The van der Waals surface area contributed by atoms with E-state index >= 15 is 0 Å². The average molecular weight is 385 g/mol. The van der Waals surface area contributed by atoms with Gasteiger partial charge in [-0.15, -0.1) is 0 Å². The molecule has 1 amide bonds. The van der Waals surface area contributed by atoms with E-state index in [0.717, 1.165) is 6.54 Å². The first-order valence-electron chi connectivity index (χ1n) is 8.87. The Morgan fingerprint density at radius 2 is 1.92 bits per heavy atom. The Balaban J connectivity index is 2.09. The standard InChI is InChI=1S/C18H29N3O4S/c1-18(2,14-20(3)4)13-19-17(22)15-6-5-7-16(12-15)26(23,24)21-8-10-25-11-9-21/h5-7,12H,8-11,13-14H2,1-4H3,(H,19,22)/p+1. The molecule has 2 N–H and O–H groups in total. The molecule has 2 rings (SSSR count). The summed E-state index contributed by atoms with van der Waals surface area (Å²) in [6, 6.07) is 6.22. The van der Waals surface area contributed by atoms with Crippen LogP contribution < -0.4 is 10.2 Å². The molecule has 0 unspecified atom stereocenters. The fourth-order valence-corrected chi connectivity index (χ4v) is 4.63. The van der Waals surface area contributed by atoms with Crippen LogP contribution in [0.1, 0.15) is 24.2 Å². The predicted octanol–water partition coefficient (Wildman–Crippen LogP) is -0.392. The van der Waals surface area contributed by atoms with Crippen molar-refractivity contribution < 1.29 is 22.8 Å². The zero-order valence-corrected chi connectivity index (χ0v) is 16.9. The molecular weight excluding hydrogens is 354 g/mol. The van der Waals surface area contributed by atoms with E-state index in [1.165, 1.54) is 21.3 Å². The van der Waals surface area contributed by atoms with Crippen molar-refractivity contribution in [2.45, 2.75) is 18.7 Å². The van der Waals surface area contributed by atoms with E-state index in [1.807, 2.05) is 0 Å². The third kappa shape index (κ3) is 5.51. The van der Waals surface area contributed by atoms with Crippen LogP contribution in [0.4, 0.5) is 0 Å². The summed E-state index contributed by atoms with van der Waals surface area (Å²) in [5.74, 6) is -0.258. The topological polar surface area (TPSA) is 80.2 Å². The number of benzene rings is 1. The molecule has 0 bridgehead atoms.